The molecular formula is C15H25NO. The van der Waals surface area contributed by atoms with Gasteiger partial charge in [-0.2, -0.15) is 0 Å². The standard InChI is InChI=1S/C15H25NO/c1-4-15(11-16-10-13(2)3)17-12-14-8-6-5-7-9-14/h5-9,13,15-16H,4,10-12H2,1-3H3. The van der Waals surface area contributed by atoms with Gasteiger partial charge in [0.05, 0.1) is 12.7 Å². The van der Waals surface area contributed by atoms with Gasteiger partial charge >= 0.3 is 0 Å². The average molecular weight is 235 g/mol. The lowest BCUT2D eigenvalue weighted by Gasteiger charge is -2.17. The molecule has 0 aliphatic carbocycles. The van der Waals surface area contributed by atoms with E-state index in [1.807, 2.05) is 6.07 Å². The highest BCUT2D eigenvalue weighted by Gasteiger charge is 2.06. The normalized spacial score (nSPS) is 12.9. The molecule has 0 amide bonds. The topological polar surface area (TPSA) is 21.3 Å². The smallest absolute Gasteiger partial charge is 0.0721 e. The maximum absolute atomic E-state index is 5.90. The molecule has 1 unspecified atom stereocenters. The Kier molecular flexibility index (Phi) is 6.90. The van der Waals surface area contributed by atoms with Crippen LogP contribution in [0.2, 0.25) is 0 Å². The summed E-state index contributed by atoms with van der Waals surface area (Å²) in [5.41, 5.74) is 1.25. The number of nitrogens with one attached hydrogen (secondary N) is 1. The van der Waals surface area contributed by atoms with Crippen molar-refractivity contribution in [1.29, 1.82) is 0 Å². The summed E-state index contributed by atoms with van der Waals surface area (Å²) < 4.78 is 5.90. The van der Waals surface area contributed by atoms with E-state index in [0.717, 1.165) is 19.5 Å². The van der Waals surface area contributed by atoms with Crippen molar-refractivity contribution in [2.75, 3.05) is 13.1 Å². The van der Waals surface area contributed by atoms with E-state index in [1.165, 1.54) is 5.56 Å². The molecule has 0 spiro atoms. The van der Waals surface area contributed by atoms with E-state index in [9.17, 15) is 0 Å². The Morgan fingerprint density at radius 1 is 1.12 bits per heavy atom. The van der Waals surface area contributed by atoms with Crippen molar-refractivity contribution in [2.45, 2.75) is 39.9 Å². The molecular weight excluding hydrogens is 210 g/mol. The first-order valence-corrected chi connectivity index (χ1v) is 6.58. The molecule has 0 fully saturated rings. The van der Waals surface area contributed by atoms with Crippen LogP contribution >= 0.6 is 0 Å². The number of benzene rings is 1. The number of hydrogen-bond acceptors (Lipinski definition) is 2. The fourth-order valence-electron chi connectivity index (χ4n) is 1.64. The Balaban J connectivity index is 2.23. The third kappa shape index (κ3) is 6.44. The van der Waals surface area contributed by atoms with E-state index in [0.29, 0.717) is 18.6 Å². The second-order valence-electron chi connectivity index (χ2n) is 4.88. The van der Waals surface area contributed by atoms with E-state index >= 15 is 0 Å². The molecule has 0 aromatic heterocycles. The van der Waals surface area contributed by atoms with Crippen LogP contribution in [0.5, 0.6) is 0 Å². The molecule has 0 radical (unpaired) electrons. The lowest BCUT2D eigenvalue weighted by molar-refractivity contribution is 0.0381. The van der Waals surface area contributed by atoms with Crippen molar-refractivity contribution in [2.24, 2.45) is 5.92 Å². The second kappa shape index (κ2) is 8.26. The first-order chi connectivity index (χ1) is 8.22. The van der Waals surface area contributed by atoms with E-state index < -0.39 is 0 Å². The largest absolute Gasteiger partial charge is 0.372 e. The summed E-state index contributed by atoms with van der Waals surface area (Å²) >= 11 is 0. The van der Waals surface area contributed by atoms with Crippen molar-refractivity contribution in [3.8, 4) is 0 Å². The highest BCUT2D eigenvalue weighted by molar-refractivity contribution is 5.13. The third-order valence-electron chi connectivity index (χ3n) is 2.71. The molecule has 1 aromatic carbocycles. The van der Waals surface area contributed by atoms with Crippen LogP contribution < -0.4 is 5.32 Å². The maximum atomic E-state index is 5.90. The zero-order chi connectivity index (χ0) is 12.5. The fraction of sp³-hybridized carbons (Fsp3) is 0.600. The fourth-order valence-corrected chi connectivity index (χ4v) is 1.64. The van der Waals surface area contributed by atoms with Crippen molar-refractivity contribution in [3.63, 3.8) is 0 Å². The molecule has 1 N–H and O–H groups in total. The maximum Gasteiger partial charge on any atom is 0.0721 e. The zero-order valence-electron chi connectivity index (χ0n) is 11.3. The van der Waals surface area contributed by atoms with Gasteiger partial charge in [0, 0.05) is 6.54 Å². The minimum Gasteiger partial charge on any atom is -0.372 e. The average Bonchev–Trinajstić information content (AvgIpc) is 2.34. The summed E-state index contributed by atoms with van der Waals surface area (Å²) in [5, 5.41) is 3.45. The highest BCUT2D eigenvalue weighted by Crippen LogP contribution is 2.05. The summed E-state index contributed by atoms with van der Waals surface area (Å²) in [4.78, 5) is 0. The summed E-state index contributed by atoms with van der Waals surface area (Å²) in [5.74, 6) is 0.696. The Labute approximate surface area is 105 Å². The molecule has 0 saturated carbocycles. The van der Waals surface area contributed by atoms with Crippen LogP contribution in [-0.2, 0) is 11.3 Å². The molecule has 2 heteroatoms. The van der Waals surface area contributed by atoms with Gasteiger partial charge in [-0.15, -0.1) is 0 Å². The Morgan fingerprint density at radius 3 is 2.41 bits per heavy atom. The van der Waals surface area contributed by atoms with Gasteiger partial charge in [-0.3, -0.25) is 0 Å². The molecule has 1 aromatic rings. The number of rotatable bonds is 8. The SMILES string of the molecule is CCC(CNCC(C)C)OCc1ccccc1. The van der Waals surface area contributed by atoms with Crippen LogP contribution in [0.25, 0.3) is 0 Å². The third-order valence-corrected chi connectivity index (χ3v) is 2.71. The lowest BCUT2D eigenvalue weighted by Crippen LogP contribution is -2.31. The summed E-state index contributed by atoms with van der Waals surface area (Å²) in [7, 11) is 0. The van der Waals surface area contributed by atoms with Crippen molar-refractivity contribution >= 4 is 0 Å². The van der Waals surface area contributed by atoms with Gasteiger partial charge < -0.3 is 10.1 Å². The summed E-state index contributed by atoms with van der Waals surface area (Å²) in [6.45, 7) is 9.33. The van der Waals surface area contributed by atoms with E-state index in [2.05, 4.69) is 50.4 Å². The summed E-state index contributed by atoms with van der Waals surface area (Å²) in [6.07, 6.45) is 1.37. The molecule has 17 heavy (non-hydrogen) atoms. The van der Waals surface area contributed by atoms with Crippen LogP contribution in [-0.4, -0.2) is 19.2 Å². The van der Waals surface area contributed by atoms with Gasteiger partial charge in [-0.05, 0) is 24.4 Å². The van der Waals surface area contributed by atoms with Gasteiger partial charge in [-0.25, -0.2) is 0 Å². The Bertz CT molecular complexity index is 284. The van der Waals surface area contributed by atoms with Crippen molar-refractivity contribution in [1.82, 2.24) is 5.32 Å². The van der Waals surface area contributed by atoms with Crippen molar-refractivity contribution in [3.05, 3.63) is 35.9 Å². The van der Waals surface area contributed by atoms with E-state index in [4.69, 9.17) is 4.74 Å². The van der Waals surface area contributed by atoms with Gasteiger partial charge in [-0.1, -0.05) is 51.1 Å². The minimum absolute atomic E-state index is 0.314. The minimum atomic E-state index is 0.314. The molecule has 0 saturated heterocycles. The van der Waals surface area contributed by atoms with E-state index in [-0.39, 0.29) is 0 Å². The van der Waals surface area contributed by atoms with Crippen LogP contribution in [0.1, 0.15) is 32.8 Å². The molecule has 2 nitrogen and oxygen atoms in total. The second-order valence-corrected chi connectivity index (χ2v) is 4.88. The molecule has 0 aliphatic heterocycles. The molecule has 1 atom stereocenters. The van der Waals surface area contributed by atoms with Gasteiger partial charge in [0.2, 0.25) is 0 Å². The highest BCUT2D eigenvalue weighted by atomic mass is 16.5. The van der Waals surface area contributed by atoms with Crippen LogP contribution in [0.4, 0.5) is 0 Å². The van der Waals surface area contributed by atoms with Gasteiger partial charge in [0.1, 0.15) is 0 Å². The molecule has 0 heterocycles. The summed E-state index contributed by atoms with van der Waals surface area (Å²) in [6, 6.07) is 10.3. The zero-order valence-corrected chi connectivity index (χ0v) is 11.3. The van der Waals surface area contributed by atoms with Crippen LogP contribution in [0, 0.1) is 5.92 Å². The Morgan fingerprint density at radius 2 is 1.82 bits per heavy atom. The quantitative estimate of drug-likeness (QED) is 0.747. The number of ether oxygens (including phenoxy) is 1. The van der Waals surface area contributed by atoms with Crippen LogP contribution in [0.15, 0.2) is 30.3 Å². The molecule has 0 bridgehead atoms. The van der Waals surface area contributed by atoms with Crippen molar-refractivity contribution < 1.29 is 4.74 Å². The first kappa shape index (κ1) is 14.2. The van der Waals surface area contributed by atoms with Gasteiger partial charge in [0.15, 0.2) is 0 Å². The number of hydrogen-bond donors (Lipinski definition) is 1. The monoisotopic (exact) mass is 235 g/mol. The molecule has 1 rings (SSSR count). The predicted octanol–water partition coefficient (Wildman–Crippen LogP) is 3.23. The Hall–Kier alpha value is -0.860. The van der Waals surface area contributed by atoms with E-state index in [1.54, 1.807) is 0 Å². The predicted molar refractivity (Wildman–Crippen MR) is 73.0 cm³/mol. The first-order valence-electron chi connectivity index (χ1n) is 6.58. The lowest BCUT2D eigenvalue weighted by atomic mass is 10.2. The molecule has 0 aliphatic rings. The molecule has 96 valence electrons. The van der Waals surface area contributed by atoms with Gasteiger partial charge in [0.25, 0.3) is 0 Å². The van der Waals surface area contributed by atoms with Crippen LogP contribution in [0.3, 0.4) is 0 Å².